The molecular weight excluding hydrogens is 407 g/mol. The van der Waals surface area contributed by atoms with Crippen LogP contribution in [0.15, 0.2) is 42.5 Å². The number of carbonyl (C=O) groups excluding carboxylic acids is 2. The maximum Gasteiger partial charge on any atom is 0.242 e. The summed E-state index contributed by atoms with van der Waals surface area (Å²) in [5.41, 5.74) is 1.54. The third kappa shape index (κ3) is 6.13. The first-order valence-electron chi connectivity index (χ1n) is 8.57. The second kappa shape index (κ2) is 9.98. The lowest BCUT2D eigenvalue weighted by molar-refractivity contribution is -0.140. The first-order chi connectivity index (χ1) is 12.8. The molecule has 2 aromatic rings. The van der Waals surface area contributed by atoms with Crippen LogP contribution in [0.3, 0.4) is 0 Å². The Labute approximate surface area is 174 Å². The van der Waals surface area contributed by atoms with Crippen LogP contribution in [-0.4, -0.2) is 29.3 Å². The predicted molar refractivity (Wildman–Crippen MR) is 110 cm³/mol. The van der Waals surface area contributed by atoms with E-state index >= 15 is 0 Å². The van der Waals surface area contributed by atoms with Crippen LogP contribution in [0.2, 0.25) is 15.1 Å². The van der Waals surface area contributed by atoms with Crippen LogP contribution in [0.4, 0.5) is 0 Å². The molecule has 0 fully saturated rings. The van der Waals surface area contributed by atoms with Gasteiger partial charge in [-0.1, -0.05) is 53.0 Å². The molecule has 2 amide bonds. The number of halogens is 3. The zero-order valence-electron chi connectivity index (χ0n) is 15.1. The molecule has 0 radical (unpaired) electrons. The van der Waals surface area contributed by atoms with Gasteiger partial charge in [-0.3, -0.25) is 9.59 Å². The number of rotatable bonds is 7. The molecule has 0 aliphatic rings. The van der Waals surface area contributed by atoms with Crippen molar-refractivity contribution in [1.82, 2.24) is 10.2 Å². The van der Waals surface area contributed by atoms with Crippen LogP contribution in [0.25, 0.3) is 0 Å². The molecule has 144 valence electrons. The molecule has 4 nitrogen and oxygen atoms in total. The summed E-state index contributed by atoms with van der Waals surface area (Å²) in [6.45, 7) is 4.33. The monoisotopic (exact) mass is 426 g/mol. The van der Waals surface area contributed by atoms with Crippen molar-refractivity contribution in [2.75, 3.05) is 6.54 Å². The summed E-state index contributed by atoms with van der Waals surface area (Å²) in [7, 11) is 0. The Balaban J connectivity index is 2.25. The summed E-state index contributed by atoms with van der Waals surface area (Å²) in [6.07, 6.45) is 0.0767. The molecule has 2 rings (SSSR count). The van der Waals surface area contributed by atoms with Gasteiger partial charge in [0.05, 0.1) is 6.42 Å². The van der Waals surface area contributed by atoms with E-state index in [0.717, 1.165) is 5.56 Å². The molecule has 7 heteroatoms. The van der Waals surface area contributed by atoms with E-state index in [0.29, 0.717) is 33.7 Å². The van der Waals surface area contributed by atoms with Gasteiger partial charge in [0.2, 0.25) is 11.8 Å². The molecule has 1 atom stereocenters. The van der Waals surface area contributed by atoms with Crippen molar-refractivity contribution < 1.29 is 9.59 Å². The third-order valence-corrected chi connectivity index (χ3v) is 4.98. The molecule has 0 bridgehead atoms. The minimum Gasteiger partial charge on any atom is -0.355 e. The molecule has 0 heterocycles. The lowest BCUT2D eigenvalue weighted by Crippen LogP contribution is -2.48. The van der Waals surface area contributed by atoms with E-state index in [2.05, 4.69) is 5.32 Å². The highest BCUT2D eigenvalue weighted by Gasteiger charge is 2.26. The van der Waals surface area contributed by atoms with Gasteiger partial charge < -0.3 is 10.2 Å². The number of nitrogens with one attached hydrogen (secondary N) is 1. The van der Waals surface area contributed by atoms with Crippen LogP contribution in [-0.2, 0) is 22.6 Å². The van der Waals surface area contributed by atoms with Gasteiger partial charge in [-0.05, 0) is 49.2 Å². The highest BCUT2D eigenvalue weighted by atomic mass is 35.5. The van der Waals surface area contributed by atoms with Crippen molar-refractivity contribution in [3.05, 3.63) is 68.7 Å². The lowest BCUT2D eigenvalue weighted by atomic mass is 10.1. The van der Waals surface area contributed by atoms with Crippen LogP contribution in [0, 0.1) is 0 Å². The molecule has 0 saturated heterocycles. The number of nitrogens with zero attached hydrogens (tertiary/aromatic N) is 1. The second-order valence-corrected chi connectivity index (χ2v) is 7.41. The fourth-order valence-corrected chi connectivity index (χ4v) is 3.22. The first-order valence-corrected chi connectivity index (χ1v) is 9.70. The van der Waals surface area contributed by atoms with Crippen molar-refractivity contribution in [1.29, 1.82) is 0 Å². The van der Waals surface area contributed by atoms with E-state index in [1.807, 2.05) is 19.1 Å². The normalized spacial score (nSPS) is 11.7. The van der Waals surface area contributed by atoms with Crippen molar-refractivity contribution in [2.24, 2.45) is 0 Å². The Bertz CT molecular complexity index is 809. The average molecular weight is 428 g/mol. The van der Waals surface area contributed by atoms with Gasteiger partial charge in [0.15, 0.2) is 0 Å². The first kappa shape index (κ1) is 21.5. The smallest absolute Gasteiger partial charge is 0.242 e. The van der Waals surface area contributed by atoms with E-state index in [1.165, 1.54) is 0 Å². The van der Waals surface area contributed by atoms with Gasteiger partial charge in [0.1, 0.15) is 6.04 Å². The van der Waals surface area contributed by atoms with Crippen LogP contribution >= 0.6 is 34.8 Å². The summed E-state index contributed by atoms with van der Waals surface area (Å²) >= 11 is 18.1. The summed E-state index contributed by atoms with van der Waals surface area (Å²) in [4.78, 5) is 26.9. The Morgan fingerprint density at radius 3 is 2.26 bits per heavy atom. The van der Waals surface area contributed by atoms with E-state index < -0.39 is 6.04 Å². The maximum absolute atomic E-state index is 13.0. The van der Waals surface area contributed by atoms with Crippen molar-refractivity contribution in [3.8, 4) is 0 Å². The maximum atomic E-state index is 13.0. The van der Waals surface area contributed by atoms with Gasteiger partial charge >= 0.3 is 0 Å². The van der Waals surface area contributed by atoms with Gasteiger partial charge in [-0.2, -0.15) is 0 Å². The molecule has 0 aliphatic heterocycles. The molecule has 27 heavy (non-hydrogen) atoms. The molecule has 1 unspecified atom stereocenters. The van der Waals surface area contributed by atoms with Crippen molar-refractivity contribution in [2.45, 2.75) is 32.9 Å². The van der Waals surface area contributed by atoms with Crippen LogP contribution in [0.5, 0.6) is 0 Å². The number of hydrogen-bond acceptors (Lipinski definition) is 2. The molecule has 0 aromatic heterocycles. The Hall–Kier alpha value is -1.75. The zero-order valence-corrected chi connectivity index (χ0v) is 17.4. The van der Waals surface area contributed by atoms with Crippen LogP contribution in [0.1, 0.15) is 25.0 Å². The Morgan fingerprint density at radius 2 is 1.67 bits per heavy atom. The summed E-state index contributed by atoms with van der Waals surface area (Å²) < 4.78 is 0. The van der Waals surface area contributed by atoms with Gasteiger partial charge in [0.25, 0.3) is 0 Å². The molecule has 0 aliphatic carbocycles. The molecule has 0 saturated carbocycles. The van der Waals surface area contributed by atoms with Gasteiger partial charge in [-0.15, -0.1) is 0 Å². The minimum atomic E-state index is -0.626. The van der Waals surface area contributed by atoms with E-state index in [9.17, 15) is 9.59 Å². The number of amides is 2. The van der Waals surface area contributed by atoms with E-state index in [-0.39, 0.29) is 18.2 Å². The Morgan fingerprint density at radius 1 is 1.04 bits per heavy atom. The molecular formula is C20H21Cl3N2O2. The van der Waals surface area contributed by atoms with E-state index in [4.69, 9.17) is 34.8 Å². The fraction of sp³-hybridized carbons (Fsp3) is 0.300. The number of likely N-dealkylation sites (N-methyl/N-ethyl adjacent to an activating group) is 1. The van der Waals surface area contributed by atoms with Gasteiger partial charge in [0, 0.05) is 28.2 Å². The fourth-order valence-electron chi connectivity index (χ4n) is 2.62. The standard InChI is InChI=1S/C20H21Cl3N2O2/c1-3-24-20(27)13(2)25(12-14-4-7-16(21)8-5-14)19(26)10-15-6-9-17(22)11-18(15)23/h4-9,11,13H,3,10,12H2,1-2H3,(H,24,27). The van der Waals surface area contributed by atoms with Crippen molar-refractivity contribution in [3.63, 3.8) is 0 Å². The van der Waals surface area contributed by atoms with Crippen LogP contribution < -0.4 is 5.32 Å². The number of hydrogen-bond donors (Lipinski definition) is 1. The Kier molecular flexibility index (Phi) is 7.96. The lowest BCUT2D eigenvalue weighted by Gasteiger charge is -2.29. The predicted octanol–water partition coefficient (Wildman–Crippen LogP) is 4.74. The molecule has 0 spiro atoms. The highest BCUT2D eigenvalue weighted by molar-refractivity contribution is 6.35. The quantitative estimate of drug-likeness (QED) is 0.693. The summed E-state index contributed by atoms with van der Waals surface area (Å²) in [5, 5.41) is 4.30. The van der Waals surface area contributed by atoms with Gasteiger partial charge in [-0.25, -0.2) is 0 Å². The topological polar surface area (TPSA) is 49.4 Å². The van der Waals surface area contributed by atoms with E-state index in [1.54, 1.807) is 42.2 Å². The third-order valence-electron chi connectivity index (χ3n) is 4.14. The van der Waals surface area contributed by atoms with Crippen molar-refractivity contribution >= 4 is 46.6 Å². The SMILES string of the molecule is CCNC(=O)C(C)N(Cc1ccc(Cl)cc1)C(=O)Cc1ccc(Cl)cc1Cl. The minimum absolute atomic E-state index is 0.0767. The summed E-state index contributed by atoms with van der Waals surface area (Å²) in [6, 6.07) is 11.6. The number of benzene rings is 2. The molecule has 2 aromatic carbocycles. The summed E-state index contributed by atoms with van der Waals surface area (Å²) in [5.74, 6) is -0.407. The highest BCUT2D eigenvalue weighted by Crippen LogP contribution is 2.23. The average Bonchev–Trinajstić information content (AvgIpc) is 2.63. The second-order valence-electron chi connectivity index (χ2n) is 6.13. The zero-order chi connectivity index (χ0) is 20.0. The number of carbonyl (C=O) groups is 2. The molecule has 1 N–H and O–H groups in total. The largest absolute Gasteiger partial charge is 0.355 e.